The van der Waals surface area contributed by atoms with Gasteiger partial charge in [-0.3, -0.25) is 67.1 Å². The molecule has 111 heavy (non-hydrogen) atoms. The average Bonchev–Trinajstić information content (AvgIpc) is 1.69. The molecule has 1 saturated heterocycles. The van der Waals surface area contributed by atoms with Crippen LogP contribution >= 0.6 is 21.6 Å². The Hall–Kier alpha value is -10.6. The van der Waals surface area contributed by atoms with Crippen molar-refractivity contribution in [2.45, 2.75) is 212 Å². The number of aliphatic hydroxyl groups excluding tert-OH is 1. The Kier molecular flexibility index (Phi) is 33.8. The largest absolute Gasteiger partial charge is 0.481 e. The van der Waals surface area contributed by atoms with Gasteiger partial charge in [-0.1, -0.05) is 99.5 Å². The Bertz CT molecular complexity index is 4120. The molecule has 1 aliphatic rings. The van der Waals surface area contributed by atoms with E-state index < -0.39 is 216 Å². The van der Waals surface area contributed by atoms with E-state index in [1.807, 2.05) is 0 Å². The van der Waals surface area contributed by atoms with Gasteiger partial charge < -0.3 is 104 Å². The Morgan fingerprint density at radius 2 is 1.07 bits per heavy atom. The van der Waals surface area contributed by atoms with Crippen LogP contribution in [0.15, 0.2) is 73.4 Å². The van der Waals surface area contributed by atoms with E-state index in [0.717, 1.165) is 28.5 Å². The van der Waals surface area contributed by atoms with Crippen LogP contribution in [0.25, 0.3) is 21.8 Å². The zero-order valence-electron chi connectivity index (χ0n) is 63.6. The molecule has 13 atom stereocenters. The highest BCUT2D eigenvalue weighted by atomic mass is 33.1. The molecule has 0 bridgehead atoms. The maximum atomic E-state index is 15.1. The maximum Gasteiger partial charge on any atom is 0.328 e. The van der Waals surface area contributed by atoms with Gasteiger partial charge in [0.1, 0.15) is 60.4 Å². The van der Waals surface area contributed by atoms with Gasteiger partial charge in [0.05, 0.1) is 31.4 Å². The van der Waals surface area contributed by atoms with E-state index in [9.17, 15) is 82.8 Å². The molecule has 6 rings (SSSR count). The van der Waals surface area contributed by atoms with Crippen LogP contribution in [0, 0.1) is 17.8 Å². The first-order valence-electron chi connectivity index (χ1n) is 36.3. The van der Waals surface area contributed by atoms with Crippen LogP contribution in [0.3, 0.4) is 0 Å². The molecule has 0 spiro atoms. The van der Waals surface area contributed by atoms with Crippen molar-refractivity contribution >= 4 is 132 Å². The van der Waals surface area contributed by atoms with Gasteiger partial charge in [0, 0.05) is 88.8 Å². The van der Waals surface area contributed by atoms with Crippen LogP contribution in [-0.2, 0) is 91.2 Å². The molecule has 5 aromatic rings. The lowest BCUT2D eigenvalue weighted by molar-refractivity contribution is -0.145. The normalized spacial score (nSPS) is 23.0. The second-order valence-corrected chi connectivity index (χ2v) is 32.1. The van der Waals surface area contributed by atoms with Gasteiger partial charge in [-0.05, 0) is 94.9 Å². The van der Waals surface area contributed by atoms with Crippen molar-refractivity contribution in [1.29, 1.82) is 0 Å². The fourth-order valence-electron chi connectivity index (χ4n) is 12.0. The number of nitrogens with one attached hydrogen (secondary N) is 16. The van der Waals surface area contributed by atoms with Crippen molar-refractivity contribution in [2.24, 2.45) is 17.8 Å². The zero-order chi connectivity index (χ0) is 82.1. The summed E-state index contributed by atoms with van der Waals surface area (Å²) in [6.07, 6.45) is 1.21. The molecule has 12 amide bonds. The summed E-state index contributed by atoms with van der Waals surface area (Å²) in [6, 6.07) is -5.25. The molecule has 20 N–H and O–H groups in total. The summed E-state index contributed by atoms with van der Waals surface area (Å²) in [5.41, 5.74) is 1.69. The summed E-state index contributed by atoms with van der Waals surface area (Å²) in [5.74, 6) is -18.8. The molecule has 0 radical (unpaired) electrons. The molecule has 0 unspecified atom stereocenters. The van der Waals surface area contributed by atoms with E-state index in [1.165, 1.54) is 19.4 Å². The highest BCUT2D eigenvalue weighted by molar-refractivity contribution is 8.76. The summed E-state index contributed by atoms with van der Waals surface area (Å²) >= 11 is 0. The third-order valence-corrected chi connectivity index (χ3v) is 20.1. The van der Waals surface area contributed by atoms with E-state index in [2.05, 4.69) is 89.1 Å². The van der Waals surface area contributed by atoms with Crippen molar-refractivity contribution in [3.8, 4) is 0 Å². The number of hydrogen-bond donors (Lipinski definition) is 20. The Morgan fingerprint density at radius 3 is 1.59 bits per heavy atom. The van der Waals surface area contributed by atoms with Gasteiger partial charge in [-0.2, -0.15) is 0 Å². The molecule has 36 nitrogen and oxygen atoms in total. The number of carbonyl (C=O) groups is 15. The standard InChI is InChI=1S/C73H103N17O19S2/c1-35(2)22-48-62(98)77-31-56(92)80-47(20-21-57(93)94)63(99)83-49(23-36(3)4)67(103)88-59(37(5)6)71(107)85-51(25-41-29-76-46-19-15-13-17-44(41)46)65(101)86-55(70(106)89-60(39(8)91)72(108)109)33-111-110-32-54(87-68(104)53(27-58(95)96)90-73(9,10)11)69(105)79-38(7)61(97)81-50(24-40-28-75-45-18-14-12-16-43(40)45)64(100)84-52(66(102)82-48)26-42-30-74-34-78-42/h12-19,28-30,34-39,47-55,59-60,75-76,90-91H,20-27,31-33H2,1-11H3,(H,74,78)(H,77,98)(H,79,105)(H,80,92)(H,81,97)(H,82,102)(H,83,99)(H,84,100)(H,85,107)(H,86,101)(H,87,104)(H,88,103)(H,89,106)(H,93,94)(H,95,96)(H,108,109)/t38-,39+,47-,48-,49-,50-,51-,52-,53-,54-,55-,59-,60-/m0/s1. The number of amides is 12. The van der Waals surface area contributed by atoms with Crippen LogP contribution < -0.4 is 69.1 Å². The van der Waals surface area contributed by atoms with Crippen LogP contribution in [0.1, 0.15) is 125 Å². The molecule has 0 aliphatic carbocycles. The Labute approximate surface area is 648 Å². The second kappa shape index (κ2) is 42.0. The minimum Gasteiger partial charge on any atom is -0.481 e. The first kappa shape index (κ1) is 89.3. The molecular formula is C73H103N17O19S2. The lowest BCUT2D eigenvalue weighted by Crippen LogP contribution is -2.61. The molecule has 0 saturated carbocycles. The number of carboxylic acid groups (broad SMARTS) is 3. The number of benzene rings is 2. The van der Waals surface area contributed by atoms with Gasteiger partial charge in [0.2, 0.25) is 70.9 Å². The molecule has 4 heterocycles. The fraction of sp³-hybridized carbons (Fsp3) is 0.534. The van der Waals surface area contributed by atoms with Crippen molar-refractivity contribution in [3.05, 3.63) is 90.3 Å². The predicted octanol–water partition coefficient (Wildman–Crippen LogP) is -0.426. The number of rotatable bonds is 23. The first-order valence-corrected chi connectivity index (χ1v) is 38.8. The third-order valence-electron chi connectivity index (χ3n) is 17.6. The quantitative estimate of drug-likeness (QED) is 0.0369. The number of aromatic amines is 3. The summed E-state index contributed by atoms with van der Waals surface area (Å²) in [5, 5.41) is 75.4. The number of imidazole rings is 1. The number of hydrogen-bond acceptors (Lipinski definition) is 20. The topological polar surface area (TPSA) is 554 Å². The number of aliphatic hydroxyl groups is 1. The van der Waals surface area contributed by atoms with E-state index >= 15 is 9.59 Å². The summed E-state index contributed by atoms with van der Waals surface area (Å²) in [6.45, 7) is 16.5. The van der Waals surface area contributed by atoms with Crippen molar-refractivity contribution in [2.75, 3.05) is 18.1 Å². The van der Waals surface area contributed by atoms with Crippen LogP contribution in [0.5, 0.6) is 0 Å². The SMILES string of the molecule is CC(C)C[C@@H]1NC(=O)[C@H](Cc2cnc[nH]2)NC(=O)[C@H](Cc2c[nH]c3ccccc23)NC(=O)[C@H](C)NC(=O)[C@@H](NC(=O)[C@H](CC(=O)O)NC(C)(C)C)CSSC[C@@H](C(=O)N[C@H](C(=O)O)[C@@H](C)O)NC(=O)[C@H](Cc2c[nH]c3ccccc23)NC(=O)[C@H](C(C)C)NC(=O)[C@H](CC(C)C)NC(=O)[C@H](CCC(=O)O)NC(=O)CNC1=O. The summed E-state index contributed by atoms with van der Waals surface area (Å²) < 4.78 is 0. The lowest BCUT2D eigenvalue weighted by Gasteiger charge is -2.29. The smallest absolute Gasteiger partial charge is 0.328 e. The monoisotopic (exact) mass is 1590 g/mol. The lowest BCUT2D eigenvalue weighted by atomic mass is 9.98. The van der Waals surface area contributed by atoms with Crippen molar-refractivity contribution < 1.29 is 92.3 Å². The molecule has 1 aliphatic heterocycles. The highest BCUT2D eigenvalue weighted by Crippen LogP contribution is 2.26. The van der Waals surface area contributed by atoms with Crippen LogP contribution in [0.4, 0.5) is 0 Å². The summed E-state index contributed by atoms with van der Waals surface area (Å²) in [4.78, 5) is 225. The van der Waals surface area contributed by atoms with Crippen molar-refractivity contribution in [3.63, 3.8) is 0 Å². The van der Waals surface area contributed by atoms with Gasteiger partial charge in [0.25, 0.3) is 0 Å². The number of carbonyl (C=O) groups excluding carboxylic acids is 12. The Morgan fingerprint density at radius 1 is 0.568 bits per heavy atom. The van der Waals surface area contributed by atoms with Gasteiger partial charge >= 0.3 is 17.9 Å². The molecule has 2 aromatic carbocycles. The average molecular weight is 1590 g/mol. The molecular weight excluding hydrogens is 1480 g/mol. The van der Waals surface area contributed by atoms with Crippen LogP contribution in [0.2, 0.25) is 0 Å². The number of fused-ring (bicyclic) bond motifs is 2. The highest BCUT2D eigenvalue weighted by Gasteiger charge is 2.39. The minimum absolute atomic E-state index is 0.0456. The number of aliphatic carboxylic acids is 3. The minimum atomic E-state index is -1.95. The first-order chi connectivity index (χ1) is 52.3. The third kappa shape index (κ3) is 28.3. The van der Waals surface area contributed by atoms with E-state index in [1.54, 1.807) is 123 Å². The van der Waals surface area contributed by atoms with E-state index in [0.29, 0.717) is 38.6 Å². The van der Waals surface area contributed by atoms with E-state index in [4.69, 9.17) is 0 Å². The number of aromatic nitrogens is 4. The van der Waals surface area contributed by atoms with Gasteiger partial charge in [-0.15, -0.1) is 0 Å². The summed E-state index contributed by atoms with van der Waals surface area (Å²) in [7, 11) is 1.60. The Balaban J connectivity index is 1.46. The van der Waals surface area contributed by atoms with E-state index in [-0.39, 0.29) is 43.9 Å². The molecule has 3 aromatic heterocycles. The number of H-pyrrole nitrogens is 3. The number of carboxylic acids is 3. The van der Waals surface area contributed by atoms with Crippen molar-refractivity contribution in [1.82, 2.24) is 89.1 Å². The number of nitrogens with zero attached hydrogens (tertiary/aromatic N) is 1. The zero-order valence-corrected chi connectivity index (χ0v) is 65.3. The van der Waals surface area contributed by atoms with Crippen LogP contribution in [-0.4, -0.2) is 231 Å². The fourth-order valence-corrected chi connectivity index (χ4v) is 14.3. The second-order valence-electron chi connectivity index (χ2n) is 29.5. The maximum absolute atomic E-state index is 15.1. The molecule has 606 valence electrons. The van der Waals surface area contributed by atoms with Gasteiger partial charge in [0.15, 0.2) is 6.04 Å². The molecule has 38 heteroatoms. The predicted molar refractivity (Wildman–Crippen MR) is 410 cm³/mol. The van der Waals surface area contributed by atoms with Gasteiger partial charge in [-0.25, -0.2) is 9.78 Å². The molecule has 1 fully saturated rings. The number of para-hydroxylation sites is 2.